The lowest BCUT2D eigenvalue weighted by Crippen LogP contribution is -2.16. The Kier molecular flexibility index (Phi) is 5.74. The topological polar surface area (TPSA) is 54.9 Å². The smallest absolute Gasteiger partial charge is 0.320 e. The molecule has 2 heterocycles. The van der Waals surface area contributed by atoms with E-state index in [9.17, 15) is 18.0 Å². The van der Waals surface area contributed by atoms with Gasteiger partial charge in [-0.05, 0) is 47.5 Å². The van der Waals surface area contributed by atoms with Crippen LogP contribution in [0.25, 0.3) is 33.3 Å². The molecule has 0 aliphatic carbocycles. The number of aromatic nitrogens is 2. The van der Waals surface area contributed by atoms with Gasteiger partial charge in [-0.2, -0.15) is 13.2 Å². The minimum absolute atomic E-state index is 0.101. The third kappa shape index (κ3) is 4.48. The van der Waals surface area contributed by atoms with E-state index in [0.717, 1.165) is 17.5 Å². The number of hydrogen-bond acceptors (Lipinski definition) is 3. The number of carbonyl (C=O) groups is 1. The van der Waals surface area contributed by atoms with Crippen LogP contribution in [0.1, 0.15) is 15.9 Å². The van der Waals surface area contributed by atoms with Gasteiger partial charge in [-0.3, -0.25) is 14.8 Å². The first kappa shape index (κ1) is 22.3. The lowest BCUT2D eigenvalue weighted by molar-refractivity contribution is -0.137. The normalized spacial score (nSPS) is 11.4. The monoisotopic (exact) mass is 469 g/mol. The van der Waals surface area contributed by atoms with Gasteiger partial charge in [0.05, 0.1) is 22.5 Å². The molecule has 0 atom stereocenters. The van der Waals surface area contributed by atoms with Crippen molar-refractivity contribution in [3.63, 3.8) is 0 Å². The molecule has 5 aromatic rings. The number of para-hydroxylation sites is 1. The fourth-order valence-corrected chi connectivity index (χ4v) is 4.00. The second-order valence-electron chi connectivity index (χ2n) is 7.85. The number of nitrogens with one attached hydrogen (secondary N) is 1. The number of benzene rings is 3. The van der Waals surface area contributed by atoms with Gasteiger partial charge in [0.1, 0.15) is 0 Å². The summed E-state index contributed by atoms with van der Waals surface area (Å²) in [5, 5.41) is 3.57. The van der Waals surface area contributed by atoms with Crippen molar-refractivity contribution >= 4 is 22.5 Å². The van der Waals surface area contributed by atoms with Crippen LogP contribution in [0.15, 0.2) is 103 Å². The molecule has 0 unspecified atom stereocenters. The Morgan fingerprint density at radius 3 is 2.23 bits per heavy atom. The summed E-state index contributed by atoms with van der Waals surface area (Å²) in [4.78, 5) is 22.2. The van der Waals surface area contributed by atoms with Crippen molar-refractivity contribution in [2.45, 2.75) is 6.18 Å². The molecule has 4 nitrogen and oxygen atoms in total. The molecule has 172 valence electrons. The summed E-state index contributed by atoms with van der Waals surface area (Å²) < 4.78 is 40.8. The predicted molar refractivity (Wildman–Crippen MR) is 130 cm³/mol. The van der Waals surface area contributed by atoms with Crippen LogP contribution in [0, 0.1) is 0 Å². The number of pyridine rings is 2. The summed E-state index contributed by atoms with van der Waals surface area (Å²) in [5.74, 6) is -0.667. The molecule has 5 rings (SSSR count). The fraction of sp³-hybridized carbons (Fsp3) is 0.0357. The highest BCUT2D eigenvalue weighted by molar-refractivity contribution is 6.12. The molecular formula is C28H18F3N3O. The Labute approximate surface area is 199 Å². The standard InChI is InChI=1S/C28H18F3N3O/c29-28(30,31)19-13-14-21(20-9-1-2-10-22(20)24-11-3-4-15-32-24)23(17-19)27(35)34-25-12-5-7-18-8-6-16-33-26(18)25/h1-17H,(H,34,35). The van der Waals surface area contributed by atoms with Crippen molar-refractivity contribution in [2.24, 2.45) is 0 Å². The largest absolute Gasteiger partial charge is 0.416 e. The van der Waals surface area contributed by atoms with Gasteiger partial charge >= 0.3 is 6.18 Å². The van der Waals surface area contributed by atoms with E-state index in [2.05, 4.69) is 15.3 Å². The number of halogens is 3. The van der Waals surface area contributed by atoms with Gasteiger partial charge in [-0.25, -0.2) is 0 Å². The molecule has 35 heavy (non-hydrogen) atoms. The van der Waals surface area contributed by atoms with E-state index in [1.165, 1.54) is 6.07 Å². The second kappa shape index (κ2) is 9.02. The van der Waals surface area contributed by atoms with E-state index in [1.807, 2.05) is 36.4 Å². The molecule has 0 saturated carbocycles. The van der Waals surface area contributed by atoms with Gasteiger partial charge in [0.25, 0.3) is 5.91 Å². The molecule has 1 amide bonds. The molecule has 3 aromatic carbocycles. The van der Waals surface area contributed by atoms with Gasteiger partial charge in [-0.15, -0.1) is 0 Å². The van der Waals surface area contributed by atoms with Crippen molar-refractivity contribution in [1.82, 2.24) is 9.97 Å². The molecule has 0 aliphatic rings. The predicted octanol–water partition coefficient (Wildman–Crippen LogP) is 7.23. The SMILES string of the molecule is O=C(Nc1cccc2cccnc12)c1cc(C(F)(F)F)ccc1-c1ccccc1-c1ccccn1. The molecule has 0 radical (unpaired) electrons. The Morgan fingerprint density at radius 2 is 1.46 bits per heavy atom. The lowest BCUT2D eigenvalue weighted by Gasteiger charge is -2.17. The van der Waals surface area contributed by atoms with Crippen molar-refractivity contribution in [1.29, 1.82) is 0 Å². The first-order chi connectivity index (χ1) is 16.9. The first-order valence-electron chi connectivity index (χ1n) is 10.8. The first-order valence-corrected chi connectivity index (χ1v) is 10.8. The summed E-state index contributed by atoms with van der Waals surface area (Å²) in [7, 11) is 0. The Hall–Kier alpha value is -4.52. The Bertz CT molecular complexity index is 1530. The zero-order valence-corrected chi connectivity index (χ0v) is 18.3. The zero-order valence-electron chi connectivity index (χ0n) is 18.3. The number of amides is 1. The third-order valence-corrected chi connectivity index (χ3v) is 5.63. The average molecular weight is 469 g/mol. The van der Waals surface area contributed by atoms with Crippen molar-refractivity contribution in [3.05, 3.63) is 115 Å². The number of carbonyl (C=O) groups excluding carboxylic acids is 1. The highest BCUT2D eigenvalue weighted by Gasteiger charge is 2.32. The van der Waals surface area contributed by atoms with Gasteiger partial charge in [0.2, 0.25) is 0 Å². The number of alkyl halides is 3. The maximum Gasteiger partial charge on any atom is 0.416 e. The summed E-state index contributed by atoms with van der Waals surface area (Å²) in [6, 6.07) is 24.7. The third-order valence-electron chi connectivity index (χ3n) is 5.63. The molecule has 0 fully saturated rings. The molecule has 0 spiro atoms. The van der Waals surface area contributed by atoms with E-state index in [4.69, 9.17) is 0 Å². The molecule has 2 aromatic heterocycles. The van der Waals surface area contributed by atoms with Crippen LogP contribution in [0.2, 0.25) is 0 Å². The minimum Gasteiger partial charge on any atom is -0.320 e. The van der Waals surface area contributed by atoms with E-state index in [0.29, 0.717) is 33.6 Å². The lowest BCUT2D eigenvalue weighted by atomic mass is 9.92. The van der Waals surface area contributed by atoms with Gasteiger partial charge in [-0.1, -0.05) is 54.6 Å². The summed E-state index contributed by atoms with van der Waals surface area (Å²) >= 11 is 0. The van der Waals surface area contributed by atoms with Crippen LogP contribution in [-0.2, 0) is 6.18 Å². The maximum atomic E-state index is 13.6. The van der Waals surface area contributed by atoms with E-state index < -0.39 is 17.6 Å². The van der Waals surface area contributed by atoms with Crippen LogP contribution in [0.5, 0.6) is 0 Å². The van der Waals surface area contributed by atoms with Crippen LogP contribution < -0.4 is 5.32 Å². The summed E-state index contributed by atoms with van der Waals surface area (Å²) in [6.45, 7) is 0. The number of fused-ring (bicyclic) bond motifs is 1. The molecule has 7 heteroatoms. The number of anilines is 1. The van der Waals surface area contributed by atoms with Crippen LogP contribution in [0.4, 0.5) is 18.9 Å². The Morgan fingerprint density at radius 1 is 0.714 bits per heavy atom. The molecule has 0 bridgehead atoms. The van der Waals surface area contributed by atoms with Gasteiger partial charge < -0.3 is 5.32 Å². The van der Waals surface area contributed by atoms with Crippen molar-refractivity contribution < 1.29 is 18.0 Å². The highest BCUT2D eigenvalue weighted by atomic mass is 19.4. The van der Waals surface area contributed by atoms with Crippen LogP contribution in [0.3, 0.4) is 0 Å². The number of hydrogen-bond donors (Lipinski definition) is 1. The summed E-state index contributed by atoms with van der Waals surface area (Å²) in [6.07, 6.45) is -1.37. The molecular weight excluding hydrogens is 451 g/mol. The van der Waals surface area contributed by atoms with Crippen LogP contribution >= 0.6 is 0 Å². The quantitative estimate of drug-likeness (QED) is 0.302. The van der Waals surface area contributed by atoms with E-state index in [1.54, 1.807) is 48.8 Å². The van der Waals surface area contributed by atoms with Gasteiger partial charge in [0, 0.05) is 28.9 Å². The number of nitrogens with zero attached hydrogens (tertiary/aromatic N) is 2. The van der Waals surface area contributed by atoms with Crippen LogP contribution in [-0.4, -0.2) is 15.9 Å². The maximum absolute atomic E-state index is 13.6. The number of rotatable bonds is 4. The van der Waals surface area contributed by atoms with E-state index in [-0.39, 0.29) is 5.56 Å². The zero-order chi connectivity index (χ0) is 24.4. The Balaban J connectivity index is 1.65. The van der Waals surface area contributed by atoms with Crippen molar-refractivity contribution in [3.8, 4) is 22.4 Å². The minimum atomic E-state index is -4.60. The average Bonchev–Trinajstić information content (AvgIpc) is 2.88. The molecule has 0 aliphatic heterocycles. The van der Waals surface area contributed by atoms with Gasteiger partial charge in [0.15, 0.2) is 0 Å². The van der Waals surface area contributed by atoms with E-state index >= 15 is 0 Å². The summed E-state index contributed by atoms with van der Waals surface area (Å²) in [5.41, 5.74) is 2.27. The molecule has 1 N–H and O–H groups in total. The second-order valence-corrected chi connectivity index (χ2v) is 7.85. The molecule has 0 saturated heterocycles. The van der Waals surface area contributed by atoms with Crippen molar-refractivity contribution in [2.75, 3.05) is 5.32 Å². The highest BCUT2D eigenvalue weighted by Crippen LogP contribution is 2.37. The fourth-order valence-electron chi connectivity index (χ4n) is 4.00.